The molecule has 2 heteroatoms. The van der Waals surface area contributed by atoms with E-state index in [1.807, 2.05) is 0 Å². The number of benzene rings is 2. The third-order valence-electron chi connectivity index (χ3n) is 6.86. The van der Waals surface area contributed by atoms with Crippen molar-refractivity contribution < 1.29 is 0 Å². The summed E-state index contributed by atoms with van der Waals surface area (Å²) in [6.07, 6.45) is 1.22. The molecule has 0 radical (unpaired) electrons. The number of hydrogen-bond acceptors (Lipinski definition) is 2. The van der Waals surface area contributed by atoms with Crippen LogP contribution in [0.2, 0.25) is 0 Å². The summed E-state index contributed by atoms with van der Waals surface area (Å²) in [5, 5.41) is 7.50. The van der Waals surface area contributed by atoms with Crippen molar-refractivity contribution in [3.63, 3.8) is 0 Å². The van der Waals surface area contributed by atoms with Crippen molar-refractivity contribution in [2.45, 2.75) is 37.1 Å². The largest absolute Gasteiger partial charge is 0.384 e. The number of fused-ring (bicyclic) bond motifs is 9. The first-order valence-corrected chi connectivity index (χ1v) is 8.34. The molecule has 0 spiro atoms. The van der Waals surface area contributed by atoms with Crippen molar-refractivity contribution in [2.75, 3.05) is 17.2 Å². The minimum absolute atomic E-state index is 0.180. The standard InChI is InChI=1S/C20H22N2/c1-19-11-18(22-17-10-6-3-7-13(17)19)15-12-21-16-9-5-4-8-14(16)20(15,19)2/h3-10,15,18,21-22H,11-12H2,1-2H3/t15-,18+,19+,20-/m1/s1. The molecule has 0 unspecified atom stereocenters. The van der Waals surface area contributed by atoms with Gasteiger partial charge in [0.2, 0.25) is 0 Å². The van der Waals surface area contributed by atoms with Crippen LogP contribution in [0.15, 0.2) is 48.5 Å². The first-order chi connectivity index (χ1) is 10.6. The van der Waals surface area contributed by atoms with E-state index >= 15 is 0 Å². The SMILES string of the molecule is C[C@]12C[C@H](Nc3ccccc31)[C@H]1CNc3ccccc3[C@]12C. The third-order valence-corrected chi connectivity index (χ3v) is 6.86. The first-order valence-electron chi connectivity index (χ1n) is 8.34. The molecule has 2 N–H and O–H groups in total. The number of para-hydroxylation sites is 2. The third kappa shape index (κ3) is 1.24. The highest BCUT2D eigenvalue weighted by atomic mass is 15.0. The van der Waals surface area contributed by atoms with Gasteiger partial charge >= 0.3 is 0 Å². The zero-order valence-corrected chi connectivity index (χ0v) is 13.2. The van der Waals surface area contributed by atoms with Crippen LogP contribution in [-0.4, -0.2) is 12.6 Å². The molecule has 2 bridgehead atoms. The lowest BCUT2D eigenvalue weighted by Gasteiger charge is -2.48. The quantitative estimate of drug-likeness (QED) is 0.762. The Morgan fingerprint density at radius 2 is 1.59 bits per heavy atom. The van der Waals surface area contributed by atoms with Crippen molar-refractivity contribution in [1.82, 2.24) is 0 Å². The Bertz CT molecular complexity index is 768. The van der Waals surface area contributed by atoms with Gasteiger partial charge in [0.25, 0.3) is 0 Å². The van der Waals surface area contributed by atoms with Crippen molar-refractivity contribution in [2.24, 2.45) is 5.92 Å². The van der Waals surface area contributed by atoms with Gasteiger partial charge in [0.1, 0.15) is 0 Å². The Kier molecular flexibility index (Phi) is 2.21. The van der Waals surface area contributed by atoms with Crippen molar-refractivity contribution in [1.29, 1.82) is 0 Å². The van der Waals surface area contributed by atoms with E-state index in [1.54, 1.807) is 0 Å². The Morgan fingerprint density at radius 1 is 0.909 bits per heavy atom. The summed E-state index contributed by atoms with van der Waals surface area (Å²) in [5.74, 6) is 0.625. The number of anilines is 2. The van der Waals surface area contributed by atoms with E-state index in [0.717, 1.165) is 6.54 Å². The Balaban J connectivity index is 1.82. The maximum atomic E-state index is 3.83. The highest BCUT2D eigenvalue weighted by molar-refractivity contribution is 5.68. The van der Waals surface area contributed by atoms with Crippen molar-refractivity contribution >= 4 is 11.4 Å². The molecule has 2 aromatic carbocycles. The van der Waals surface area contributed by atoms with Gasteiger partial charge in [0.05, 0.1) is 0 Å². The maximum absolute atomic E-state index is 3.83. The zero-order chi connectivity index (χ0) is 14.9. The van der Waals surface area contributed by atoms with Crippen molar-refractivity contribution in [3.05, 3.63) is 59.7 Å². The highest BCUT2D eigenvalue weighted by Gasteiger charge is 2.64. The molecular weight excluding hydrogens is 268 g/mol. The molecule has 0 aromatic heterocycles. The molecule has 2 aliphatic heterocycles. The van der Waals surface area contributed by atoms with Crippen LogP contribution in [0.25, 0.3) is 0 Å². The molecule has 4 atom stereocenters. The second kappa shape index (κ2) is 3.87. The normalized spacial score (nSPS) is 37.4. The molecule has 3 aliphatic rings. The fourth-order valence-corrected chi connectivity index (χ4v) is 5.59. The Hall–Kier alpha value is -1.96. The lowest BCUT2D eigenvalue weighted by atomic mass is 9.57. The van der Waals surface area contributed by atoms with Crippen LogP contribution >= 0.6 is 0 Å². The summed E-state index contributed by atoms with van der Waals surface area (Å²) in [6, 6.07) is 18.4. The van der Waals surface area contributed by atoms with E-state index in [1.165, 1.54) is 28.9 Å². The van der Waals surface area contributed by atoms with Gasteiger partial charge in [-0.3, -0.25) is 0 Å². The van der Waals surface area contributed by atoms with E-state index in [-0.39, 0.29) is 10.8 Å². The average molecular weight is 290 g/mol. The van der Waals surface area contributed by atoms with E-state index in [9.17, 15) is 0 Å². The predicted octanol–water partition coefficient (Wildman–Crippen LogP) is 4.14. The van der Waals surface area contributed by atoms with E-state index in [2.05, 4.69) is 73.0 Å². The van der Waals surface area contributed by atoms with Crippen LogP contribution in [0, 0.1) is 5.92 Å². The lowest BCUT2D eigenvalue weighted by molar-refractivity contribution is 0.242. The van der Waals surface area contributed by atoms with E-state index < -0.39 is 0 Å². The van der Waals surface area contributed by atoms with Crippen LogP contribution in [0.3, 0.4) is 0 Å². The molecule has 2 nitrogen and oxygen atoms in total. The van der Waals surface area contributed by atoms with Gasteiger partial charge in [-0.25, -0.2) is 0 Å². The maximum Gasteiger partial charge on any atom is 0.0380 e. The van der Waals surface area contributed by atoms with Crippen LogP contribution in [-0.2, 0) is 10.8 Å². The predicted molar refractivity (Wildman–Crippen MR) is 91.6 cm³/mol. The fraction of sp³-hybridized carbons (Fsp3) is 0.400. The number of nitrogens with one attached hydrogen (secondary N) is 2. The molecule has 0 amide bonds. The Morgan fingerprint density at radius 3 is 2.41 bits per heavy atom. The summed E-state index contributed by atoms with van der Waals surface area (Å²) >= 11 is 0. The van der Waals surface area contributed by atoms with E-state index in [4.69, 9.17) is 0 Å². The second-order valence-corrected chi connectivity index (χ2v) is 7.57. The molecule has 112 valence electrons. The molecule has 0 saturated heterocycles. The molecule has 2 heterocycles. The molecular formula is C20H22N2. The molecule has 1 aliphatic carbocycles. The van der Waals surface area contributed by atoms with Gasteiger partial charge in [-0.2, -0.15) is 0 Å². The van der Waals surface area contributed by atoms with Crippen LogP contribution in [0.4, 0.5) is 11.4 Å². The summed E-state index contributed by atoms with van der Waals surface area (Å²) in [6.45, 7) is 6.05. The monoisotopic (exact) mass is 290 g/mol. The van der Waals surface area contributed by atoms with Crippen molar-refractivity contribution in [3.8, 4) is 0 Å². The van der Waals surface area contributed by atoms with Gasteiger partial charge in [-0.05, 0) is 29.7 Å². The molecule has 1 fully saturated rings. The van der Waals surface area contributed by atoms with Gasteiger partial charge in [0.15, 0.2) is 0 Å². The zero-order valence-electron chi connectivity index (χ0n) is 13.2. The molecule has 2 aromatic rings. The smallest absolute Gasteiger partial charge is 0.0380 e. The average Bonchev–Trinajstić information content (AvgIpc) is 2.73. The molecule has 5 rings (SSSR count). The van der Waals surface area contributed by atoms with Gasteiger partial charge < -0.3 is 10.6 Å². The Labute approximate surface area is 131 Å². The van der Waals surface area contributed by atoms with Gasteiger partial charge in [-0.15, -0.1) is 0 Å². The van der Waals surface area contributed by atoms with Crippen LogP contribution in [0.1, 0.15) is 31.4 Å². The minimum atomic E-state index is 0.180. The number of hydrogen-bond donors (Lipinski definition) is 2. The summed E-state index contributed by atoms with van der Waals surface area (Å²) in [4.78, 5) is 0. The summed E-state index contributed by atoms with van der Waals surface area (Å²) in [5.41, 5.74) is 6.03. The first kappa shape index (κ1) is 12.6. The molecule has 1 saturated carbocycles. The van der Waals surface area contributed by atoms with Crippen LogP contribution < -0.4 is 10.6 Å². The lowest BCUT2D eigenvalue weighted by Crippen LogP contribution is -2.49. The second-order valence-electron chi connectivity index (χ2n) is 7.57. The van der Waals surface area contributed by atoms with Gasteiger partial charge in [-0.1, -0.05) is 50.2 Å². The fourth-order valence-electron chi connectivity index (χ4n) is 5.59. The van der Waals surface area contributed by atoms with Gasteiger partial charge in [0, 0.05) is 40.7 Å². The summed E-state index contributed by atoms with van der Waals surface area (Å²) < 4.78 is 0. The topological polar surface area (TPSA) is 24.1 Å². The summed E-state index contributed by atoms with van der Waals surface area (Å²) in [7, 11) is 0. The van der Waals surface area contributed by atoms with E-state index in [0.29, 0.717) is 12.0 Å². The minimum Gasteiger partial charge on any atom is -0.384 e. The van der Waals surface area contributed by atoms with Crippen LogP contribution in [0.5, 0.6) is 0 Å². The molecule has 22 heavy (non-hydrogen) atoms. The number of rotatable bonds is 0. The highest BCUT2D eigenvalue weighted by Crippen LogP contribution is 2.64.